The minimum Gasteiger partial charge on any atom is -0.378 e. The average Bonchev–Trinajstić information content (AvgIpc) is 2.87. The van der Waals surface area contributed by atoms with Gasteiger partial charge >= 0.3 is 0 Å². The first kappa shape index (κ1) is 10.5. The Morgan fingerprint density at radius 1 is 1.36 bits per heavy atom. The molecule has 2 atom stereocenters. The number of hydrogen-bond donors (Lipinski definition) is 0. The molecule has 0 radical (unpaired) electrons. The number of hydrogen-bond acceptors (Lipinski definition) is 3. The lowest BCUT2D eigenvalue weighted by atomic mass is 10.1. The van der Waals surface area contributed by atoms with E-state index in [1.807, 2.05) is 11.8 Å². The number of ether oxygens (including phenoxy) is 1. The number of carbonyl (C=O) groups is 1. The van der Waals surface area contributed by atoms with Gasteiger partial charge in [0.1, 0.15) is 5.78 Å². The zero-order chi connectivity index (χ0) is 9.80. The van der Waals surface area contributed by atoms with Gasteiger partial charge in [-0.3, -0.25) is 4.79 Å². The van der Waals surface area contributed by atoms with Crippen LogP contribution in [0.5, 0.6) is 0 Å². The molecule has 0 aromatic carbocycles. The van der Waals surface area contributed by atoms with Crippen molar-refractivity contribution in [2.75, 3.05) is 12.4 Å². The second kappa shape index (κ2) is 5.17. The fourth-order valence-corrected chi connectivity index (χ4v) is 3.42. The first-order valence-corrected chi connectivity index (χ1v) is 6.67. The Bertz CT molecular complexity index is 193. The van der Waals surface area contributed by atoms with Gasteiger partial charge in [-0.05, 0) is 37.9 Å². The fourth-order valence-electron chi connectivity index (χ4n) is 2.17. The third-order valence-corrected chi connectivity index (χ3v) is 4.45. The molecule has 0 aromatic rings. The summed E-state index contributed by atoms with van der Waals surface area (Å²) in [7, 11) is 0. The molecule has 2 fully saturated rings. The molecule has 2 nitrogen and oxygen atoms in total. The van der Waals surface area contributed by atoms with Crippen LogP contribution in [0.25, 0.3) is 0 Å². The summed E-state index contributed by atoms with van der Waals surface area (Å²) in [6.45, 7) is 0.900. The van der Waals surface area contributed by atoms with E-state index in [1.54, 1.807) is 0 Å². The van der Waals surface area contributed by atoms with Gasteiger partial charge in [0.05, 0.1) is 11.4 Å². The molecular weight excluding hydrogens is 196 g/mol. The van der Waals surface area contributed by atoms with Crippen LogP contribution in [0.2, 0.25) is 0 Å². The molecule has 0 amide bonds. The molecule has 0 N–H and O–H groups in total. The van der Waals surface area contributed by atoms with Gasteiger partial charge in [-0.1, -0.05) is 0 Å². The molecule has 2 saturated heterocycles. The molecule has 80 valence electrons. The molecule has 2 unspecified atom stereocenters. The highest BCUT2D eigenvalue weighted by molar-refractivity contribution is 8.00. The van der Waals surface area contributed by atoms with Crippen LogP contribution >= 0.6 is 11.8 Å². The summed E-state index contributed by atoms with van der Waals surface area (Å²) < 4.78 is 5.51. The Kier molecular flexibility index (Phi) is 3.88. The summed E-state index contributed by atoms with van der Waals surface area (Å²) in [5, 5.41) is 0.316. The number of thioether (sulfide) groups is 1. The van der Waals surface area contributed by atoms with Gasteiger partial charge in [-0.15, -0.1) is 0 Å². The van der Waals surface area contributed by atoms with Crippen LogP contribution in [-0.2, 0) is 9.53 Å². The second-order valence-electron chi connectivity index (χ2n) is 4.14. The van der Waals surface area contributed by atoms with Gasteiger partial charge in [-0.25, -0.2) is 0 Å². The third-order valence-electron chi connectivity index (χ3n) is 3.03. The van der Waals surface area contributed by atoms with Crippen molar-refractivity contribution in [2.24, 2.45) is 0 Å². The van der Waals surface area contributed by atoms with Gasteiger partial charge in [-0.2, -0.15) is 11.8 Å². The number of carbonyl (C=O) groups excluding carboxylic acids is 1. The molecule has 0 bridgehead atoms. The van der Waals surface area contributed by atoms with E-state index in [2.05, 4.69) is 0 Å². The molecule has 2 aliphatic rings. The van der Waals surface area contributed by atoms with E-state index in [0.717, 1.165) is 32.3 Å². The SMILES string of the molecule is O=C(CCC1CCCO1)C1CCCS1. The minimum absolute atomic E-state index is 0.316. The van der Waals surface area contributed by atoms with Gasteiger partial charge in [0.2, 0.25) is 0 Å². The zero-order valence-corrected chi connectivity index (χ0v) is 9.35. The highest BCUT2D eigenvalue weighted by Gasteiger charge is 2.24. The second-order valence-corrected chi connectivity index (χ2v) is 5.45. The van der Waals surface area contributed by atoms with Crippen molar-refractivity contribution < 1.29 is 9.53 Å². The third kappa shape index (κ3) is 2.74. The Morgan fingerprint density at radius 3 is 2.93 bits per heavy atom. The molecule has 2 aliphatic heterocycles. The predicted octanol–water partition coefficient (Wildman–Crippen LogP) is 2.41. The quantitative estimate of drug-likeness (QED) is 0.719. The standard InChI is InChI=1S/C11H18O2S/c12-10(11-4-2-8-14-11)6-5-9-3-1-7-13-9/h9,11H,1-8H2. The number of rotatable bonds is 4. The Labute approximate surface area is 89.8 Å². The van der Waals surface area contributed by atoms with Crippen LogP contribution in [0.3, 0.4) is 0 Å². The molecule has 0 saturated carbocycles. The summed E-state index contributed by atoms with van der Waals surface area (Å²) in [5.74, 6) is 1.64. The summed E-state index contributed by atoms with van der Waals surface area (Å²) in [6, 6.07) is 0. The maximum absolute atomic E-state index is 11.7. The molecule has 0 aromatic heterocycles. The highest BCUT2D eigenvalue weighted by atomic mass is 32.2. The molecule has 14 heavy (non-hydrogen) atoms. The van der Waals surface area contributed by atoms with Gasteiger partial charge in [0.15, 0.2) is 0 Å². The zero-order valence-electron chi connectivity index (χ0n) is 8.54. The lowest BCUT2D eigenvalue weighted by Gasteiger charge is -2.10. The van der Waals surface area contributed by atoms with Crippen LogP contribution in [0.4, 0.5) is 0 Å². The number of ketones is 1. The van der Waals surface area contributed by atoms with Gasteiger partial charge in [0.25, 0.3) is 0 Å². The van der Waals surface area contributed by atoms with Crippen LogP contribution in [0.15, 0.2) is 0 Å². The molecule has 0 aliphatic carbocycles. The molecule has 0 spiro atoms. The van der Waals surface area contributed by atoms with E-state index in [0.29, 0.717) is 17.1 Å². The Hall–Kier alpha value is -0.0200. The van der Waals surface area contributed by atoms with Crippen LogP contribution in [0, 0.1) is 0 Å². The van der Waals surface area contributed by atoms with Crippen LogP contribution < -0.4 is 0 Å². The first-order valence-electron chi connectivity index (χ1n) is 5.62. The molecule has 2 heterocycles. The van der Waals surface area contributed by atoms with E-state index in [9.17, 15) is 4.79 Å². The predicted molar refractivity (Wildman–Crippen MR) is 58.7 cm³/mol. The first-order chi connectivity index (χ1) is 6.86. The van der Waals surface area contributed by atoms with E-state index in [1.165, 1.54) is 18.6 Å². The van der Waals surface area contributed by atoms with E-state index in [4.69, 9.17) is 4.74 Å². The van der Waals surface area contributed by atoms with Crippen molar-refractivity contribution in [3.8, 4) is 0 Å². The van der Waals surface area contributed by atoms with Crippen molar-refractivity contribution >= 4 is 17.5 Å². The largest absolute Gasteiger partial charge is 0.378 e. The van der Waals surface area contributed by atoms with Crippen molar-refractivity contribution in [3.63, 3.8) is 0 Å². The Balaban J connectivity index is 1.66. The lowest BCUT2D eigenvalue weighted by molar-refractivity contribution is -0.119. The topological polar surface area (TPSA) is 26.3 Å². The maximum atomic E-state index is 11.7. The minimum atomic E-state index is 0.316. The average molecular weight is 214 g/mol. The van der Waals surface area contributed by atoms with Crippen molar-refractivity contribution in [1.82, 2.24) is 0 Å². The van der Waals surface area contributed by atoms with Crippen molar-refractivity contribution in [3.05, 3.63) is 0 Å². The summed E-state index contributed by atoms with van der Waals surface area (Å²) in [6.07, 6.45) is 6.74. The Morgan fingerprint density at radius 2 is 2.29 bits per heavy atom. The van der Waals surface area contributed by atoms with Gasteiger partial charge < -0.3 is 4.74 Å². The lowest BCUT2D eigenvalue weighted by Crippen LogP contribution is -2.16. The monoisotopic (exact) mass is 214 g/mol. The maximum Gasteiger partial charge on any atom is 0.145 e. The van der Waals surface area contributed by atoms with E-state index in [-0.39, 0.29) is 0 Å². The summed E-state index contributed by atoms with van der Waals surface area (Å²) >= 11 is 1.84. The molecule has 2 rings (SSSR count). The van der Waals surface area contributed by atoms with E-state index >= 15 is 0 Å². The van der Waals surface area contributed by atoms with Gasteiger partial charge in [0, 0.05) is 13.0 Å². The van der Waals surface area contributed by atoms with Crippen LogP contribution in [0.1, 0.15) is 38.5 Å². The van der Waals surface area contributed by atoms with Crippen molar-refractivity contribution in [2.45, 2.75) is 49.9 Å². The normalized spacial score (nSPS) is 32.3. The molecular formula is C11H18O2S. The fraction of sp³-hybridized carbons (Fsp3) is 0.909. The molecule has 3 heteroatoms. The van der Waals surface area contributed by atoms with Crippen LogP contribution in [-0.4, -0.2) is 29.5 Å². The smallest absolute Gasteiger partial charge is 0.145 e. The summed E-state index contributed by atoms with van der Waals surface area (Å²) in [5.41, 5.74) is 0. The summed E-state index contributed by atoms with van der Waals surface area (Å²) in [4.78, 5) is 11.7. The highest BCUT2D eigenvalue weighted by Crippen LogP contribution is 2.28. The number of Topliss-reactive ketones (excluding diaryl/α,β-unsaturated/α-hetero) is 1. The van der Waals surface area contributed by atoms with E-state index < -0.39 is 0 Å². The van der Waals surface area contributed by atoms with Crippen molar-refractivity contribution in [1.29, 1.82) is 0 Å².